The Morgan fingerprint density at radius 1 is 0.941 bits per heavy atom. The molecule has 1 aliphatic carbocycles. The summed E-state index contributed by atoms with van der Waals surface area (Å²) in [6.07, 6.45) is 5.25. The lowest BCUT2D eigenvalue weighted by molar-refractivity contribution is -0.174. The molecule has 9 heteroatoms. The molecule has 1 saturated carbocycles. The standard InChI is InChI=1S/C25H33Cl2N3O4/c26-18-6-5-17(13-19(18)27)14-22(31)30-12-11-29(24(32)25(33)7-1-2-8-25)21-16-34-15-20(23(21)30)28-9-3-4-10-28/h5-6,13,20-21,23,33H,1-4,7-12,14-16H2/t20-,21+,23+/m1/s1. The number of halogens is 2. The zero-order valence-corrected chi connectivity index (χ0v) is 20.9. The molecule has 3 heterocycles. The topological polar surface area (TPSA) is 73.3 Å². The molecule has 1 aromatic rings. The molecule has 0 radical (unpaired) electrons. The van der Waals surface area contributed by atoms with E-state index in [1.54, 1.807) is 12.1 Å². The molecule has 34 heavy (non-hydrogen) atoms. The van der Waals surface area contributed by atoms with Gasteiger partial charge in [-0.05, 0) is 69.3 Å². The van der Waals surface area contributed by atoms with Crippen LogP contribution in [0, 0.1) is 0 Å². The number of nitrogens with zero attached hydrogens (tertiary/aromatic N) is 3. The van der Waals surface area contributed by atoms with Crippen LogP contribution >= 0.6 is 23.2 Å². The number of carbonyl (C=O) groups excluding carboxylic acids is 2. The predicted molar refractivity (Wildman–Crippen MR) is 130 cm³/mol. The molecule has 186 valence electrons. The fourth-order valence-corrected chi connectivity index (χ4v) is 6.61. The first kappa shape index (κ1) is 24.3. The number of benzene rings is 1. The molecule has 1 aromatic carbocycles. The minimum absolute atomic E-state index is 0.0196. The van der Waals surface area contributed by atoms with E-state index < -0.39 is 5.60 Å². The Kier molecular flexibility index (Phi) is 7.11. The van der Waals surface area contributed by atoms with Crippen LogP contribution in [0.15, 0.2) is 18.2 Å². The number of amides is 2. The number of likely N-dealkylation sites (tertiary alicyclic amines) is 1. The first-order chi connectivity index (χ1) is 16.4. The minimum atomic E-state index is -1.28. The number of piperazine rings is 1. The van der Waals surface area contributed by atoms with Crippen molar-refractivity contribution in [1.82, 2.24) is 14.7 Å². The molecular weight excluding hydrogens is 477 g/mol. The molecule has 0 spiro atoms. The lowest BCUT2D eigenvalue weighted by Gasteiger charge is -2.55. The van der Waals surface area contributed by atoms with E-state index in [4.69, 9.17) is 27.9 Å². The van der Waals surface area contributed by atoms with Crippen LogP contribution in [0.1, 0.15) is 44.1 Å². The van der Waals surface area contributed by atoms with Gasteiger partial charge in [0.2, 0.25) is 5.91 Å². The van der Waals surface area contributed by atoms with Gasteiger partial charge in [0, 0.05) is 13.1 Å². The molecule has 1 N–H and O–H groups in total. The second-order valence-corrected chi connectivity index (χ2v) is 11.0. The van der Waals surface area contributed by atoms with E-state index in [0.717, 1.165) is 44.3 Å². The maximum atomic E-state index is 13.6. The van der Waals surface area contributed by atoms with Crippen molar-refractivity contribution in [3.63, 3.8) is 0 Å². The van der Waals surface area contributed by atoms with Gasteiger partial charge in [0.1, 0.15) is 5.60 Å². The van der Waals surface area contributed by atoms with Crippen molar-refractivity contribution in [1.29, 1.82) is 0 Å². The largest absolute Gasteiger partial charge is 0.380 e. The molecule has 3 aliphatic heterocycles. The molecule has 3 saturated heterocycles. The third kappa shape index (κ3) is 4.58. The lowest BCUT2D eigenvalue weighted by Crippen LogP contribution is -2.73. The van der Waals surface area contributed by atoms with E-state index in [1.165, 1.54) is 0 Å². The maximum absolute atomic E-state index is 13.6. The highest BCUT2D eigenvalue weighted by Crippen LogP contribution is 2.36. The number of fused-ring (bicyclic) bond motifs is 1. The molecule has 0 aromatic heterocycles. The van der Waals surface area contributed by atoms with Crippen LogP contribution in [-0.2, 0) is 20.7 Å². The van der Waals surface area contributed by atoms with Gasteiger partial charge in [0.05, 0.1) is 47.8 Å². The van der Waals surface area contributed by atoms with Crippen LogP contribution in [0.4, 0.5) is 0 Å². The van der Waals surface area contributed by atoms with E-state index in [1.807, 2.05) is 15.9 Å². The molecule has 4 fully saturated rings. The predicted octanol–water partition coefficient (Wildman–Crippen LogP) is 2.74. The summed E-state index contributed by atoms with van der Waals surface area (Å²) < 4.78 is 6.03. The van der Waals surface area contributed by atoms with Crippen molar-refractivity contribution in [3.8, 4) is 0 Å². The SMILES string of the molecule is O=C(Cc1ccc(Cl)c(Cl)c1)N1CCN(C(=O)C2(O)CCCC2)[C@H]2COC[C@@H](N3CCCC3)[C@@H]21. The average Bonchev–Trinajstić information content (AvgIpc) is 3.53. The molecule has 7 nitrogen and oxygen atoms in total. The van der Waals surface area contributed by atoms with Crippen molar-refractivity contribution in [2.75, 3.05) is 39.4 Å². The van der Waals surface area contributed by atoms with Crippen LogP contribution in [0.2, 0.25) is 10.0 Å². The average molecular weight is 510 g/mol. The third-order valence-electron chi connectivity index (χ3n) is 8.07. The summed E-state index contributed by atoms with van der Waals surface area (Å²) in [6.45, 7) is 3.74. The van der Waals surface area contributed by atoms with E-state index in [-0.39, 0.29) is 36.4 Å². The number of aliphatic hydroxyl groups is 1. The van der Waals surface area contributed by atoms with Gasteiger partial charge in [-0.2, -0.15) is 0 Å². The van der Waals surface area contributed by atoms with Gasteiger partial charge in [0.15, 0.2) is 0 Å². The zero-order chi connectivity index (χ0) is 23.9. The summed E-state index contributed by atoms with van der Waals surface area (Å²) in [5.74, 6) is -0.173. The smallest absolute Gasteiger partial charge is 0.254 e. The van der Waals surface area contributed by atoms with E-state index in [2.05, 4.69) is 4.90 Å². The van der Waals surface area contributed by atoms with Crippen molar-refractivity contribution in [2.45, 2.75) is 68.7 Å². The summed E-state index contributed by atoms with van der Waals surface area (Å²) in [7, 11) is 0. The number of carbonyl (C=O) groups is 2. The van der Waals surface area contributed by atoms with Crippen molar-refractivity contribution >= 4 is 35.0 Å². The van der Waals surface area contributed by atoms with Gasteiger partial charge in [-0.3, -0.25) is 14.5 Å². The molecule has 3 atom stereocenters. The molecule has 0 unspecified atom stereocenters. The summed E-state index contributed by atoms with van der Waals surface area (Å²) in [5.41, 5.74) is -0.461. The first-order valence-electron chi connectivity index (χ1n) is 12.5. The van der Waals surface area contributed by atoms with Gasteiger partial charge < -0.3 is 19.6 Å². The maximum Gasteiger partial charge on any atom is 0.254 e. The Balaban J connectivity index is 1.41. The first-order valence-corrected chi connectivity index (χ1v) is 13.2. The highest BCUT2D eigenvalue weighted by molar-refractivity contribution is 6.42. The fourth-order valence-electron chi connectivity index (χ4n) is 6.29. The Labute approximate surface area is 210 Å². The fraction of sp³-hybridized carbons (Fsp3) is 0.680. The number of rotatable bonds is 4. The Morgan fingerprint density at radius 3 is 2.32 bits per heavy atom. The number of ether oxygens (including phenoxy) is 1. The molecule has 2 amide bonds. The highest BCUT2D eigenvalue weighted by atomic mass is 35.5. The van der Waals surface area contributed by atoms with Crippen LogP contribution in [0.25, 0.3) is 0 Å². The van der Waals surface area contributed by atoms with Crippen molar-refractivity contribution in [3.05, 3.63) is 33.8 Å². The zero-order valence-electron chi connectivity index (χ0n) is 19.4. The summed E-state index contributed by atoms with van der Waals surface area (Å²) in [5, 5.41) is 12.0. The summed E-state index contributed by atoms with van der Waals surface area (Å²) in [6, 6.07) is 4.91. The van der Waals surface area contributed by atoms with Gasteiger partial charge in [0.25, 0.3) is 5.91 Å². The van der Waals surface area contributed by atoms with Gasteiger partial charge >= 0.3 is 0 Å². The minimum Gasteiger partial charge on any atom is -0.380 e. The quantitative estimate of drug-likeness (QED) is 0.675. The molecule has 5 rings (SSSR count). The van der Waals surface area contributed by atoms with Gasteiger partial charge in [-0.15, -0.1) is 0 Å². The summed E-state index contributed by atoms with van der Waals surface area (Å²) >= 11 is 12.2. The normalized spacial score (nSPS) is 29.3. The van der Waals surface area contributed by atoms with Crippen LogP contribution < -0.4 is 0 Å². The molecule has 0 bridgehead atoms. The number of hydrogen-bond donors (Lipinski definition) is 1. The third-order valence-corrected chi connectivity index (χ3v) is 8.81. The van der Waals surface area contributed by atoms with Crippen LogP contribution in [0.5, 0.6) is 0 Å². The van der Waals surface area contributed by atoms with Gasteiger partial charge in [-0.25, -0.2) is 0 Å². The molecular formula is C25H33Cl2N3O4. The van der Waals surface area contributed by atoms with E-state index in [0.29, 0.717) is 49.2 Å². The van der Waals surface area contributed by atoms with Crippen LogP contribution in [-0.4, -0.2) is 94.7 Å². The Hall–Kier alpha value is -1.38. The lowest BCUT2D eigenvalue weighted by atomic mass is 9.89. The van der Waals surface area contributed by atoms with Gasteiger partial charge in [-0.1, -0.05) is 29.3 Å². The molecule has 4 aliphatic rings. The Morgan fingerprint density at radius 2 is 1.62 bits per heavy atom. The second kappa shape index (κ2) is 9.94. The second-order valence-electron chi connectivity index (χ2n) is 10.2. The van der Waals surface area contributed by atoms with E-state index >= 15 is 0 Å². The Bertz CT molecular complexity index is 933. The number of hydrogen-bond acceptors (Lipinski definition) is 5. The van der Waals surface area contributed by atoms with Crippen LogP contribution in [0.3, 0.4) is 0 Å². The monoisotopic (exact) mass is 509 g/mol. The van der Waals surface area contributed by atoms with Crippen molar-refractivity contribution in [2.24, 2.45) is 0 Å². The van der Waals surface area contributed by atoms with Crippen molar-refractivity contribution < 1.29 is 19.4 Å². The summed E-state index contributed by atoms with van der Waals surface area (Å²) in [4.78, 5) is 33.3. The van der Waals surface area contributed by atoms with E-state index in [9.17, 15) is 14.7 Å². The highest BCUT2D eigenvalue weighted by Gasteiger charge is 2.52.